The molecule has 4 heteroatoms. The summed E-state index contributed by atoms with van der Waals surface area (Å²) in [7, 11) is 0. The minimum absolute atomic E-state index is 0.0539. The van der Waals surface area contributed by atoms with Crippen LogP contribution in [0.2, 0.25) is 0 Å². The zero-order valence-electron chi connectivity index (χ0n) is 13.2. The highest BCUT2D eigenvalue weighted by Gasteiger charge is 2.23. The molecular weight excluding hydrogens is 276 g/mol. The maximum atomic E-state index is 12.1. The first-order valence-electron chi connectivity index (χ1n) is 8.74. The van der Waals surface area contributed by atoms with E-state index in [4.69, 9.17) is 0 Å². The molecule has 3 aliphatic carbocycles. The first-order chi connectivity index (χ1) is 10.7. The molecule has 0 aromatic rings. The molecule has 2 N–H and O–H groups in total. The molecule has 0 spiro atoms. The van der Waals surface area contributed by atoms with Crippen LogP contribution in [0.3, 0.4) is 0 Å². The van der Waals surface area contributed by atoms with Gasteiger partial charge in [-0.3, -0.25) is 9.79 Å². The van der Waals surface area contributed by atoms with Crippen molar-refractivity contribution in [3.63, 3.8) is 0 Å². The first-order valence-corrected chi connectivity index (χ1v) is 8.74. The predicted octanol–water partition coefficient (Wildman–Crippen LogP) is 3.59. The number of aliphatic hydroxyl groups excluding tert-OH is 1. The highest BCUT2D eigenvalue weighted by molar-refractivity contribution is 6.49. The number of carbonyl (C=O) groups is 1. The number of nitrogens with one attached hydrogen (secondary N) is 1. The Labute approximate surface area is 132 Å². The van der Waals surface area contributed by atoms with Crippen LogP contribution in [-0.4, -0.2) is 28.7 Å². The van der Waals surface area contributed by atoms with Crippen molar-refractivity contribution in [1.29, 1.82) is 0 Å². The molecule has 4 nitrogen and oxygen atoms in total. The van der Waals surface area contributed by atoms with Gasteiger partial charge < -0.3 is 10.4 Å². The Morgan fingerprint density at radius 1 is 0.955 bits per heavy atom. The molecule has 0 aromatic heterocycles. The van der Waals surface area contributed by atoms with Crippen LogP contribution in [0.25, 0.3) is 0 Å². The molecular formula is C18H26N2O2. The predicted molar refractivity (Wildman–Crippen MR) is 88.1 cm³/mol. The van der Waals surface area contributed by atoms with Crippen molar-refractivity contribution in [1.82, 2.24) is 5.32 Å². The average molecular weight is 302 g/mol. The monoisotopic (exact) mass is 302 g/mol. The Balaban J connectivity index is 1.72. The standard InChI is InChI=1S/C18H26N2O2/c21-17-12-18(22)16(20-14-9-5-2-6-10-14)11-15(17)19-13-7-3-1-4-8-13/h11-14,19,21H,1-10H2. The van der Waals surface area contributed by atoms with E-state index < -0.39 is 0 Å². The summed E-state index contributed by atoms with van der Waals surface area (Å²) in [5, 5.41) is 13.5. The average Bonchev–Trinajstić information content (AvgIpc) is 2.54. The fraction of sp³-hybridized carbons (Fsp3) is 0.667. The van der Waals surface area contributed by atoms with E-state index in [-0.39, 0.29) is 17.6 Å². The fourth-order valence-electron chi connectivity index (χ4n) is 3.65. The highest BCUT2D eigenvalue weighted by Crippen LogP contribution is 2.23. The number of aliphatic imine (C=N–C) groups is 1. The molecule has 0 aliphatic heterocycles. The van der Waals surface area contributed by atoms with E-state index in [0.29, 0.717) is 17.5 Å². The van der Waals surface area contributed by atoms with Gasteiger partial charge in [0.15, 0.2) is 0 Å². The molecule has 0 radical (unpaired) electrons. The molecule has 0 aromatic carbocycles. The Bertz CT molecular complexity index is 507. The zero-order chi connectivity index (χ0) is 15.4. The van der Waals surface area contributed by atoms with Crippen LogP contribution in [-0.2, 0) is 4.79 Å². The molecule has 3 rings (SSSR count). The Morgan fingerprint density at radius 2 is 1.59 bits per heavy atom. The quantitative estimate of drug-likeness (QED) is 0.783. The van der Waals surface area contributed by atoms with Crippen molar-refractivity contribution < 1.29 is 9.90 Å². The van der Waals surface area contributed by atoms with Gasteiger partial charge in [-0.05, 0) is 31.8 Å². The summed E-state index contributed by atoms with van der Waals surface area (Å²) in [4.78, 5) is 16.7. The molecule has 0 bridgehead atoms. The minimum atomic E-state index is -0.169. The zero-order valence-corrected chi connectivity index (χ0v) is 13.2. The van der Waals surface area contributed by atoms with Crippen molar-refractivity contribution in [2.24, 2.45) is 4.99 Å². The first kappa shape index (κ1) is 15.3. The lowest BCUT2D eigenvalue weighted by Crippen LogP contribution is -2.33. The van der Waals surface area contributed by atoms with Crippen molar-refractivity contribution in [3.05, 3.63) is 23.6 Å². The highest BCUT2D eigenvalue weighted by atomic mass is 16.3. The lowest BCUT2D eigenvalue weighted by Gasteiger charge is -2.26. The van der Waals surface area contributed by atoms with Gasteiger partial charge in [0.05, 0.1) is 11.7 Å². The van der Waals surface area contributed by atoms with Crippen LogP contribution in [0.15, 0.2) is 28.6 Å². The van der Waals surface area contributed by atoms with Gasteiger partial charge in [0.2, 0.25) is 5.78 Å². The Hall–Kier alpha value is -1.58. The smallest absolute Gasteiger partial charge is 0.207 e. The van der Waals surface area contributed by atoms with E-state index in [0.717, 1.165) is 25.7 Å². The van der Waals surface area contributed by atoms with E-state index in [9.17, 15) is 9.90 Å². The van der Waals surface area contributed by atoms with Gasteiger partial charge in [-0.15, -0.1) is 0 Å². The van der Waals surface area contributed by atoms with Gasteiger partial charge in [0.25, 0.3) is 0 Å². The molecule has 0 unspecified atom stereocenters. The van der Waals surface area contributed by atoms with Crippen LogP contribution < -0.4 is 5.32 Å². The summed E-state index contributed by atoms with van der Waals surface area (Å²) in [5.74, 6) is -0.115. The van der Waals surface area contributed by atoms with E-state index in [1.165, 1.54) is 44.6 Å². The van der Waals surface area contributed by atoms with Gasteiger partial charge in [0.1, 0.15) is 11.5 Å². The number of ketones is 1. The van der Waals surface area contributed by atoms with E-state index in [1.807, 2.05) is 0 Å². The second-order valence-electron chi connectivity index (χ2n) is 6.74. The van der Waals surface area contributed by atoms with Crippen molar-refractivity contribution in [3.8, 4) is 0 Å². The lowest BCUT2D eigenvalue weighted by atomic mass is 9.94. The summed E-state index contributed by atoms with van der Waals surface area (Å²) in [6.45, 7) is 0. The van der Waals surface area contributed by atoms with Crippen LogP contribution >= 0.6 is 0 Å². The van der Waals surface area contributed by atoms with Crippen molar-refractivity contribution in [2.75, 3.05) is 0 Å². The summed E-state index contributed by atoms with van der Waals surface area (Å²) in [6, 6.07) is 0.674. The van der Waals surface area contributed by atoms with Crippen LogP contribution in [0.4, 0.5) is 0 Å². The largest absolute Gasteiger partial charge is 0.506 e. The fourth-order valence-corrected chi connectivity index (χ4v) is 3.65. The van der Waals surface area contributed by atoms with Gasteiger partial charge in [0, 0.05) is 12.1 Å². The molecule has 22 heavy (non-hydrogen) atoms. The molecule has 3 aliphatic rings. The SMILES string of the molecule is O=C1C=C(O)C(NC2CCCCC2)=CC1=NC1CCCCC1. The minimum Gasteiger partial charge on any atom is -0.506 e. The lowest BCUT2D eigenvalue weighted by molar-refractivity contribution is -0.109. The van der Waals surface area contributed by atoms with E-state index >= 15 is 0 Å². The van der Waals surface area contributed by atoms with E-state index in [1.54, 1.807) is 6.08 Å². The van der Waals surface area contributed by atoms with Gasteiger partial charge >= 0.3 is 0 Å². The Kier molecular flexibility index (Phi) is 4.96. The molecule has 0 atom stereocenters. The molecule has 2 fully saturated rings. The van der Waals surface area contributed by atoms with Gasteiger partial charge in [-0.25, -0.2) is 0 Å². The Morgan fingerprint density at radius 3 is 2.27 bits per heavy atom. The summed E-state index contributed by atoms with van der Waals surface area (Å²) < 4.78 is 0. The second kappa shape index (κ2) is 7.12. The second-order valence-corrected chi connectivity index (χ2v) is 6.74. The van der Waals surface area contributed by atoms with E-state index in [2.05, 4.69) is 10.3 Å². The summed E-state index contributed by atoms with van der Waals surface area (Å²) in [6.07, 6.45) is 14.9. The summed E-state index contributed by atoms with van der Waals surface area (Å²) >= 11 is 0. The molecule has 0 heterocycles. The third-order valence-electron chi connectivity index (χ3n) is 4.94. The maximum Gasteiger partial charge on any atom is 0.207 e. The normalized spacial score (nSPS) is 26.7. The van der Waals surface area contributed by atoms with Crippen molar-refractivity contribution in [2.45, 2.75) is 76.3 Å². The number of hydrogen-bond donors (Lipinski definition) is 2. The summed E-state index contributed by atoms with van der Waals surface area (Å²) in [5.41, 5.74) is 1.17. The number of nitrogens with zero attached hydrogens (tertiary/aromatic N) is 1. The van der Waals surface area contributed by atoms with Crippen LogP contribution in [0.1, 0.15) is 64.2 Å². The maximum absolute atomic E-state index is 12.1. The molecule has 0 amide bonds. The topological polar surface area (TPSA) is 61.7 Å². The number of aliphatic hydroxyl groups is 1. The van der Waals surface area contributed by atoms with Crippen molar-refractivity contribution >= 4 is 11.5 Å². The number of hydrogen-bond acceptors (Lipinski definition) is 4. The van der Waals surface area contributed by atoms with Gasteiger partial charge in [-0.1, -0.05) is 38.5 Å². The van der Waals surface area contributed by atoms with Crippen LogP contribution in [0.5, 0.6) is 0 Å². The molecule has 2 saturated carbocycles. The number of allylic oxidation sites excluding steroid dienone is 2. The number of rotatable bonds is 3. The number of carbonyl (C=O) groups excluding carboxylic acids is 1. The third-order valence-corrected chi connectivity index (χ3v) is 4.94. The van der Waals surface area contributed by atoms with Crippen LogP contribution in [0, 0.1) is 0 Å². The molecule has 0 saturated heterocycles. The molecule has 120 valence electrons. The van der Waals surface area contributed by atoms with Gasteiger partial charge in [-0.2, -0.15) is 0 Å². The third kappa shape index (κ3) is 3.79.